The summed E-state index contributed by atoms with van der Waals surface area (Å²) in [4.78, 5) is 17.4. The summed E-state index contributed by atoms with van der Waals surface area (Å²) < 4.78 is 4.70. The first-order chi connectivity index (χ1) is 9.82. The molecule has 2 rings (SSSR count). The second kappa shape index (κ2) is 6.34. The zero-order valence-electron chi connectivity index (χ0n) is 12.3. The van der Waals surface area contributed by atoms with E-state index in [1.807, 2.05) is 11.4 Å². The van der Waals surface area contributed by atoms with E-state index in [-0.39, 0.29) is 16.6 Å². The van der Waals surface area contributed by atoms with Crippen LogP contribution in [0.25, 0.3) is 0 Å². The highest BCUT2D eigenvalue weighted by Gasteiger charge is 2.29. The van der Waals surface area contributed by atoms with Gasteiger partial charge in [-0.2, -0.15) is 0 Å². The van der Waals surface area contributed by atoms with Crippen LogP contribution in [-0.4, -0.2) is 18.1 Å². The minimum atomic E-state index is -0.464. The first-order valence-electron chi connectivity index (χ1n) is 6.37. The minimum absolute atomic E-state index is 0.00553. The van der Waals surface area contributed by atoms with E-state index in [1.54, 1.807) is 11.3 Å². The number of aromatic nitrogens is 1. The van der Waals surface area contributed by atoms with E-state index in [1.165, 1.54) is 23.3 Å². The first kappa shape index (κ1) is 16.3. The van der Waals surface area contributed by atoms with Gasteiger partial charge in [0.15, 0.2) is 15.2 Å². The summed E-state index contributed by atoms with van der Waals surface area (Å²) in [6.45, 7) is 6.46. The van der Waals surface area contributed by atoms with E-state index >= 15 is 0 Å². The molecular weight excluding hydrogens is 328 g/mol. The number of carbonyl (C=O) groups excluding carboxylic acids is 1. The number of hydrogen-bond acceptors (Lipinski definition) is 6. The molecule has 2 aromatic heterocycles. The molecule has 4 nitrogen and oxygen atoms in total. The Bertz CT molecular complexity index is 617. The molecule has 1 atom stereocenters. The fraction of sp³-hybridized carbons (Fsp3) is 0.429. The van der Waals surface area contributed by atoms with Gasteiger partial charge in [-0.25, -0.2) is 9.78 Å². The number of thiazole rings is 1. The number of methoxy groups -OCH3 is 1. The van der Waals surface area contributed by atoms with Gasteiger partial charge in [0.05, 0.1) is 13.2 Å². The van der Waals surface area contributed by atoms with Gasteiger partial charge in [-0.15, -0.1) is 11.3 Å². The van der Waals surface area contributed by atoms with E-state index in [2.05, 4.69) is 37.1 Å². The molecule has 0 aliphatic heterocycles. The van der Waals surface area contributed by atoms with Crippen LogP contribution < -0.4 is 5.32 Å². The van der Waals surface area contributed by atoms with Gasteiger partial charge in [-0.1, -0.05) is 49.8 Å². The third kappa shape index (κ3) is 3.75. The van der Waals surface area contributed by atoms with Gasteiger partial charge < -0.3 is 10.1 Å². The minimum Gasteiger partial charge on any atom is -0.465 e. The zero-order chi connectivity index (χ0) is 15.6. The number of hydrogen-bond donors (Lipinski definition) is 1. The van der Waals surface area contributed by atoms with E-state index in [9.17, 15) is 4.79 Å². The molecule has 7 heteroatoms. The fourth-order valence-electron chi connectivity index (χ4n) is 1.88. The van der Waals surface area contributed by atoms with Crippen LogP contribution >= 0.6 is 34.3 Å². The lowest BCUT2D eigenvalue weighted by Crippen LogP contribution is -2.24. The lowest BCUT2D eigenvalue weighted by molar-refractivity contribution is 0.0606. The number of esters is 1. The number of nitrogens with zero attached hydrogens (tertiary/aromatic N) is 1. The van der Waals surface area contributed by atoms with Gasteiger partial charge in [-0.3, -0.25) is 0 Å². The molecule has 0 aliphatic rings. The van der Waals surface area contributed by atoms with Gasteiger partial charge in [0.2, 0.25) is 0 Å². The molecule has 0 radical (unpaired) electrons. The van der Waals surface area contributed by atoms with Crippen LogP contribution in [0.4, 0.5) is 5.13 Å². The third-order valence-corrected chi connectivity index (χ3v) is 5.21. The summed E-state index contributed by atoms with van der Waals surface area (Å²) in [6, 6.07) is 4.20. The summed E-state index contributed by atoms with van der Waals surface area (Å²) in [5.74, 6) is -0.464. The van der Waals surface area contributed by atoms with Crippen molar-refractivity contribution in [2.45, 2.75) is 26.8 Å². The van der Waals surface area contributed by atoms with Gasteiger partial charge in [0.25, 0.3) is 0 Å². The number of ether oxygens (including phenoxy) is 1. The summed E-state index contributed by atoms with van der Waals surface area (Å²) in [7, 11) is 1.33. The highest BCUT2D eigenvalue weighted by molar-refractivity contribution is 7.18. The molecule has 0 fully saturated rings. The van der Waals surface area contributed by atoms with Gasteiger partial charge in [0.1, 0.15) is 0 Å². The number of anilines is 1. The molecule has 21 heavy (non-hydrogen) atoms. The molecule has 0 bridgehead atoms. The molecule has 0 spiro atoms. The van der Waals surface area contributed by atoms with Crippen molar-refractivity contribution < 1.29 is 9.53 Å². The molecule has 0 aliphatic carbocycles. The van der Waals surface area contributed by atoms with Gasteiger partial charge in [-0.05, 0) is 16.9 Å². The van der Waals surface area contributed by atoms with Gasteiger partial charge >= 0.3 is 5.97 Å². The van der Waals surface area contributed by atoms with E-state index in [0.717, 1.165) is 0 Å². The molecule has 0 aromatic carbocycles. The molecule has 0 amide bonds. The van der Waals surface area contributed by atoms with Crippen molar-refractivity contribution in [3.05, 3.63) is 32.4 Å². The normalized spacial score (nSPS) is 13.0. The second-order valence-corrected chi connectivity index (χ2v) is 7.93. The molecule has 2 aromatic rings. The predicted octanol–water partition coefficient (Wildman–Crippen LogP) is 4.84. The number of thiophene rings is 1. The molecule has 1 unspecified atom stereocenters. The zero-order valence-corrected chi connectivity index (χ0v) is 14.7. The molecule has 0 saturated heterocycles. The van der Waals surface area contributed by atoms with Crippen LogP contribution in [0, 0.1) is 5.41 Å². The Balaban J connectivity index is 2.28. The third-order valence-electron chi connectivity index (χ3n) is 2.92. The highest BCUT2D eigenvalue weighted by Crippen LogP contribution is 2.39. The first-order valence-corrected chi connectivity index (χ1v) is 8.45. The van der Waals surface area contributed by atoms with E-state index in [0.29, 0.717) is 10.0 Å². The van der Waals surface area contributed by atoms with Crippen molar-refractivity contribution in [1.29, 1.82) is 0 Å². The second-order valence-electron chi connectivity index (χ2n) is 5.59. The molecule has 114 valence electrons. The standard InChI is InChI=1S/C14H17ClN2O2S2/c1-14(2,3)10(8-6-5-7-20-8)16-13-17-11(15)9(21-13)12(18)19-4/h5-7,10H,1-4H3,(H,16,17). The van der Waals surface area contributed by atoms with Crippen LogP contribution in [0.15, 0.2) is 17.5 Å². The summed E-state index contributed by atoms with van der Waals surface area (Å²) in [6.07, 6.45) is 0. The topological polar surface area (TPSA) is 51.2 Å². The average molecular weight is 345 g/mol. The summed E-state index contributed by atoms with van der Waals surface area (Å²) in [5.41, 5.74) is -0.00553. The lowest BCUT2D eigenvalue weighted by Gasteiger charge is -2.30. The van der Waals surface area contributed by atoms with Crippen LogP contribution in [0.3, 0.4) is 0 Å². The lowest BCUT2D eigenvalue weighted by atomic mass is 9.86. The Hall–Kier alpha value is -1.11. The Labute approximate surface area is 137 Å². The number of nitrogens with one attached hydrogen (secondary N) is 1. The van der Waals surface area contributed by atoms with Gasteiger partial charge in [0, 0.05) is 4.88 Å². The van der Waals surface area contributed by atoms with Crippen molar-refractivity contribution in [2.75, 3.05) is 12.4 Å². The Morgan fingerprint density at radius 1 is 1.48 bits per heavy atom. The van der Waals surface area contributed by atoms with E-state index < -0.39 is 5.97 Å². The summed E-state index contributed by atoms with van der Waals surface area (Å²) in [5, 5.41) is 6.23. The maximum atomic E-state index is 11.6. The number of carbonyl (C=O) groups is 1. The molecule has 0 saturated carbocycles. The Morgan fingerprint density at radius 2 is 2.19 bits per heavy atom. The smallest absolute Gasteiger partial charge is 0.351 e. The number of halogens is 1. The fourth-order valence-corrected chi connectivity index (χ4v) is 4.03. The van der Waals surface area contributed by atoms with Crippen molar-refractivity contribution in [3.63, 3.8) is 0 Å². The maximum absolute atomic E-state index is 11.6. The predicted molar refractivity (Wildman–Crippen MR) is 88.6 cm³/mol. The molecular formula is C14H17ClN2O2S2. The largest absolute Gasteiger partial charge is 0.465 e. The SMILES string of the molecule is COC(=O)c1sc(NC(c2cccs2)C(C)(C)C)nc1Cl. The average Bonchev–Trinajstić information content (AvgIpc) is 3.03. The number of rotatable bonds is 4. The Kier molecular flexibility index (Phi) is 4.91. The van der Waals surface area contributed by atoms with Crippen molar-refractivity contribution >= 4 is 45.4 Å². The highest BCUT2D eigenvalue weighted by atomic mass is 35.5. The summed E-state index contributed by atoms with van der Waals surface area (Å²) >= 11 is 8.90. The van der Waals surface area contributed by atoms with Crippen LogP contribution in [0.5, 0.6) is 0 Å². The van der Waals surface area contributed by atoms with E-state index in [4.69, 9.17) is 16.3 Å². The molecule has 2 heterocycles. The van der Waals surface area contributed by atoms with Crippen LogP contribution in [-0.2, 0) is 4.74 Å². The monoisotopic (exact) mass is 344 g/mol. The molecule has 1 N–H and O–H groups in total. The maximum Gasteiger partial charge on any atom is 0.351 e. The van der Waals surface area contributed by atoms with Crippen molar-refractivity contribution in [2.24, 2.45) is 5.41 Å². The van der Waals surface area contributed by atoms with Crippen LogP contribution in [0.1, 0.15) is 41.4 Å². The quantitative estimate of drug-likeness (QED) is 0.806. The van der Waals surface area contributed by atoms with Crippen molar-refractivity contribution in [3.8, 4) is 0 Å². The van der Waals surface area contributed by atoms with Crippen molar-refractivity contribution in [1.82, 2.24) is 4.98 Å². The Morgan fingerprint density at radius 3 is 2.71 bits per heavy atom. The van der Waals surface area contributed by atoms with Crippen LogP contribution in [0.2, 0.25) is 5.15 Å².